The van der Waals surface area contributed by atoms with Crippen LogP contribution in [-0.4, -0.2) is 38.5 Å². The fourth-order valence-electron chi connectivity index (χ4n) is 1.01. The monoisotopic (exact) mass is 200 g/mol. The number of carbonyl (C=O) groups excluding carboxylic acids is 1. The molecule has 0 radical (unpaired) electrons. The topological polar surface area (TPSA) is 48.1 Å². The summed E-state index contributed by atoms with van der Waals surface area (Å²) in [6, 6.07) is 0. The Balaban J connectivity index is 1.74. The molecule has 0 aromatic carbocycles. The van der Waals surface area contributed by atoms with Crippen LogP contribution in [0.1, 0.15) is 12.8 Å². The lowest BCUT2D eigenvalue weighted by Gasteiger charge is -2.03. The third-order valence-corrected chi connectivity index (χ3v) is 1.86. The Hall–Kier alpha value is -0.870. The van der Waals surface area contributed by atoms with E-state index in [4.69, 9.17) is 14.2 Å². The normalized spacial score (nSPS) is 19.0. The minimum Gasteiger partial charge on any atom is -0.460 e. The van der Waals surface area contributed by atoms with Crippen molar-refractivity contribution in [2.75, 3.05) is 26.4 Å². The quantitative estimate of drug-likeness (QED) is 0.253. The van der Waals surface area contributed by atoms with Crippen molar-refractivity contribution in [3.63, 3.8) is 0 Å². The molecule has 0 aromatic heterocycles. The maximum atomic E-state index is 10.6. The van der Waals surface area contributed by atoms with E-state index in [0.29, 0.717) is 25.9 Å². The predicted octanol–water partition coefficient (Wildman–Crippen LogP) is 0.911. The van der Waals surface area contributed by atoms with E-state index >= 15 is 0 Å². The maximum absolute atomic E-state index is 10.6. The number of epoxide rings is 1. The summed E-state index contributed by atoms with van der Waals surface area (Å²) in [7, 11) is 0. The highest BCUT2D eigenvalue weighted by atomic mass is 16.6. The number of rotatable bonds is 8. The Morgan fingerprint density at radius 2 is 2.29 bits per heavy atom. The molecule has 0 spiro atoms. The van der Waals surface area contributed by atoms with E-state index in [0.717, 1.165) is 25.5 Å². The van der Waals surface area contributed by atoms with Gasteiger partial charge in [-0.3, -0.25) is 0 Å². The Morgan fingerprint density at radius 1 is 1.50 bits per heavy atom. The van der Waals surface area contributed by atoms with E-state index < -0.39 is 5.97 Å². The van der Waals surface area contributed by atoms with Crippen LogP contribution in [0.5, 0.6) is 0 Å². The number of hydrogen-bond acceptors (Lipinski definition) is 4. The molecule has 0 bridgehead atoms. The van der Waals surface area contributed by atoms with Gasteiger partial charge in [0.25, 0.3) is 0 Å². The van der Waals surface area contributed by atoms with Crippen molar-refractivity contribution in [1.82, 2.24) is 0 Å². The van der Waals surface area contributed by atoms with Crippen molar-refractivity contribution in [1.29, 1.82) is 0 Å². The van der Waals surface area contributed by atoms with Crippen molar-refractivity contribution in [2.24, 2.45) is 0 Å². The van der Waals surface area contributed by atoms with E-state index in [-0.39, 0.29) is 0 Å². The van der Waals surface area contributed by atoms with Gasteiger partial charge < -0.3 is 14.2 Å². The van der Waals surface area contributed by atoms with Crippen LogP contribution in [0.4, 0.5) is 0 Å². The molecule has 1 fully saturated rings. The molecular formula is C10H16O4. The predicted molar refractivity (Wildman–Crippen MR) is 50.9 cm³/mol. The molecule has 0 aromatic rings. The van der Waals surface area contributed by atoms with E-state index in [1.165, 1.54) is 0 Å². The molecule has 4 heteroatoms. The van der Waals surface area contributed by atoms with Gasteiger partial charge in [-0.1, -0.05) is 6.58 Å². The Bertz CT molecular complexity index is 187. The third-order valence-electron chi connectivity index (χ3n) is 1.86. The highest BCUT2D eigenvalue weighted by Gasteiger charge is 2.20. The van der Waals surface area contributed by atoms with Crippen molar-refractivity contribution in [3.8, 4) is 0 Å². The van der Waals surface area contributed by atoms with Crippen LogP contribution in [0.15, 0.2) is 12.7 Å². The van der Waals surface area contributed by atoms with Gasteiger partial charge in [0.15, 0.2) is 0 Å². The highest BCUT2D eigenvalue weighted by Crippen LogP contribution is 2.14. The molecule has 1 aliphatic heterocycles. The summed E-state index contributed by atoms with van der Waals surface area (Å²) in [5, 5.41) is 0. The Labute approximate surface area is 83.8 Å². The summed E-state index contributed by atoms with van der Waals surface area (Å²) in [5.74, 6) is -0.403. The summed E-state index contributed by atoms with van der Waals surface area (Å²) in [6.07, 6.45) is 3.67. The van der Waals surface area contributed by atoms with Gasteiger partial charge in [-0.25, -0.2) is 4.79 Å². The van der Waals surface area contributed by atoms with Crippen molar-refractivity contribution in [3.05, 3.63) is 12.7 Å². The van der Waals surface area contributed by atoms with Crippen molar-refractivity contribution in [2.45, 2.75) is 18.9 Å². The molecule has 1 rings (SSSR count). The van der Waals surface area contributed by atoms with E-state index in [1.807, 2.05) is 0 Å². The summed E-state index contributed by atoms with van der Waals surface area (Å²) < 4.78 is 15.0. The van der Waals surface area contributed by atoms with Gasteiger partial charge in [0.2, 0.25) is 0 Å². The molecule has 1 atom stereocenters. The van der Waals surface area contributed by atoms with E-state index in [2.05, 4.69) is 6.58 Å². The second-order valence-electron chi connectivity index (χ2n) is 3.08. The minimum atomic E-state index is -0.403. The molecule has 0 N–H and O–H groups in total. The van der Waals surface area contributed by atoms with Gasteiger partial charge in [0, 0.05) is 12.7 Å². The molecule has 4 nitrogen and oxygen atoms in total. The van der Waals surface area contributed by atoms with Gasteiger partial charge in [-0.15, -0.1) is 0 Å². The number of esters is 1. The Kier molecular flexibility index (Phi) is 5.25. The van der Waals surface area contributed by atoms with Crippen molar-refractivity contribution < 1.29 is 19.0 Å². The minimum absolute atomic E-state index is 0.296. The summed E-state index contributed by atoms with van der Waals surface area (Å²) in [6.45, 7) is 5.63. The van der Waals surface area contributed by atoms with E-state index in [1.54, 1.807) is 0 Å². The highest BCUT2D eigenvalue weighted by molar-refractivity contribution is 5.81. The lowest BCUT2D eigenvalue weighted by atomic mass is 10.3. The smallest absolute Gasteiger partial charge is 0.330 e. The average Bonchev–Trinajstić information content (AvgIpc) is 2.99. The molecule has 1 heterocycles. The van der Waals surface area contributed by atoms with Crippen molar-refractivity contribution >= 4 is 5.97 Å². The molecular weight excluding hydrogens is 184 g/mol. The fraction of sp³-hybridized carbons (Fsp3) is 0.700. The zero-order chi connectivity index (χ0) is 10.2. The van der Waals surface area contributed by atoms with Gasteiger partial charge in [0.05, 0.1) is 19.3 Å². The van der Waals surface area contributed by atoms with Gasteiger partial charge in [-0.05, 0) is 12.8 Å². The zero-order valence-corrected chi connectivity index (χ0v) is 8.24. The summed E-state index contributed by atoms with van der Waals surface area (Å²) in [5.41, 5.74) is 0. The molecule has 0 aliphatic carbocycles. The lowest BCUT2D eigenvalue weighted by Crippen LogP contribution is -2.09. The maximum Gasteiger partial charge on any atom is 0.330 e. The standard InChI is InChI=1S/C10H16O4/c1-2-10(11)13-7-6-12-5-3-4-9-8-14-9/h2,9H,1,3-8H2. The number of ether oxygens (including phenoxy) is 3. The third kappa shape index (κ3) is 5.72. The van der Waals surface area contributed by atoms with Crippen LogP contribution in [0.25, 0.3) is 0 Å². The average molecular weight is 200 g/mol. The Morgan fingerprint density at radius 3 is 2.93 bits per heavy atom. The van der Waals surface area contributed by atoms with Gasteiger partial charge >= 0.3 is 5.97 Å². The first-order valence-corrected chi connectivity index (χ1v) is 4.81. The van der Waals surface area contributed by atoms with Crippen LogP contribution in [-0.2, 0) is 19.0 Å². The molecule has 14 heavy (non-hydrogen) atoms. The second kappa shape index (κ2) is 6.56. The first-order valence-electron chi connectivity index (χ1n) is 4.81. The molecule has 1 unspecified atom stereocenters. The molecule has 1 saturated heterocycles. The van der Waals surface area contributed by atoms with Crippen LogP contribution >= 0.6 is 0 Å². The van der Waals surface area contributed by atoms with Crippen LogP contribution in [0, 0.1) is 0 Å². The van der Waals surface area contributed by atoms with Gasteiger partial charge in [-0.2, -0.15) is 0 Å². The number of carbonyl (C=O) groups is 1. The lowest BCUT2D eigenvalue weighted by molar-refractivity contribution is -0.139. The molecule has 1 aliphatic rings. The van der Waals surface area contributed by atoms with Crippen LogP contribution in [0.2, 0.25) is 0 Å². The first kappa shape index (κ1) is 11.2. The largest absolute Gasteiger partial charge is 0.460 e. The van der Waals surface area contributed by atoms with Gasteiger partial charge in [0.1, 0.15) is 6.61 Å². The fourth-order valence-corrected chi connectivity index (χ4v) is 1.01. The van der Waals surface area contributed by atoms with Crippen LogP contribution < -0.4 is 0 Å². The zero-order valence-electron chi connectivity index (χ0n) is 8.24. The SMILES string of the molecule is C=CC(=O)OCCOCCCC1CO1. The van der Waals surface area contributed by atoms with Crippen LogP contribution in [0.3, 0.4) is 0 Å². The summed E-state index contributed by atoms with van der Waals surface area (Å²) in [4.78, 5) is 10.6. The first-order chi connectivity index (χ1) is 6.83. The van der Waals surface area contributed by atoms with E-state index in [9.17, 15) is 4.79 Å². The molecule has 80 valence electrons. The summed E-state index contributed by atoms with van der Waals surface area (Å²) >= 11 is 0. The number of hydrogen-bond donors (Lipinski definition) is 0. The molecule has 0 amide bonds. The second-order valence-corrected chi connectivity index (χ2v) is 3.08. The molecule has 0 saturated carbocycles.